The number of benzene rings is 1. The Morgan fingerprint density at radius 2 is 2.22 bits per heavy atom. The number of halogens is 3. The Bertz CT molecular complexity index is 498. The van der Waals surface area contributed by atoms with Crippen molar-refractivity contribution in [2.24, 2.45) is 0 Å². The molecule has 18 heavy (non-hydrogen) atoms. The Balaban J connectivity index is 2.92. The van der Waals surface area contributed by atoms with Crippen LogP contribution in [-0.4, -0.2) is 17.7 Å². The highest BCUT2D eigenvalue weighted by molar-refractivity contribution is 6.36. The number of carboxylic acids is 1. The minimum Gasteiger partial charge on any atom is -0.487 e. The van der Waals surface area contributed by atoms with Crippen molar-refractivity contribution < 1.29 is 19.0 Å². The molecule has 0 aliphatic heterocycles. The molecule has 1 aromatic rings. The molecular weight excluding hydrogens is 282 g/mol. The lowest BCUT2D eigenvalue weighted by atomic mass is 10.2. The third kappa shape index (κ3) is 4.77. The lowest BCUT2D eigenvalue weighted by Gasteiger charge is -2.08. The van der Waals surface area contributed by atoms with Crippen molar-refractivity contribution in [2.45, 2.75) is 0 Å². The zero-order valence-electron chi connectivity index (χ0n) is 9.07. The first-order valence-corrected chi connectivity index (χ1v) is 5.62. The minimum absolute atomic E-state index is 0.0185. The number of carbonyl (C=O) groups is 1. The van der Waals surface area contributed by atoms with E-state index in [0.717, 1.165) is 17.7 Å². The maximum Gasteiger partial charge on any atom is 0.328 e. The fourth-order valence-corrected chi connectivity index (χ4v) is 1.24. The Kier molecular flexibility index (Phi) is 5.68. The lowest BCUT2D eigenvalue weighted by Crippen LogP contribution is -1.99. The first-order chi connectivity index (χ1) is 8.52. The summed E-state index contributed by atoms with van der Waals surface area (Å²) in [6.07, 6.45) is 2.12. The van der Waals surface area contributed by atoms with Gasteiger partial charge in [-0.25, -0.2) is 9.18 Å². The number of hydrogen-bond acceptors (Lipinski definition) is 2. The van der Waals surface area contributed by atoms with Gasteiger partial charge in [0, 0.05) is 17.2 Å². The number of carboxylic acid groups (broad SMARTS) is 1. The Hall–Kier alpha value is -1.52. The van der Waals surface area contributed by atoms with Gasteiger partial charge in [-0.3, -0.25) is 0 Å². The highest BCUT2D eigenvalue weighted by Gasteiger charge is 2.04. The SMILES string of the molecule is O=C(O)/C=C/c1cc(F)ccc1OC/C(Cl)=C/Cl. The fraction of sp³-hybridized carbons (Fsp3) is 0.0833. The second kappa shape index (κ2) is 7.03. The fourth-order valence-electron chi connectivity index (χ4n) is 1.12. The van der Waals surface area contributed by atoms with Gasteiger partial charge in [0.25, 0.3) is 0 Å². The van der Waals surface area contributed by atoms with E-state index in [9.17, 15) is 9.18 Å². The van der Waals surface area contributed by atoms with Crippen LogP contribution in [0.15, 0.2) is 34.8 Å². The normalized spacial score (nSPS) is 11.8. The summed E-state index contributed by atoms with van der Waals surface area (Å²) >= 11 is 11.0. The van der Waals surface area contributed by atoms with Crippen LogP contribution in [0.2, 0.25) is 0 Å². The van der Waals surface area contributed by atoms with Crippen LogP contribution in [0.4, 0.5) is 4.39 Å². The molecule has 3 nitrogen and oxygen atoms in total. The number of aliphatic carboxylic acids is 1. The molecule has 1 rings (SSSR count). The van der Waals surface area contributed by atoms with Gasteiger partial charge in [-0.2, -0.15) is 0 Å². The zero-order valence-corrected chi connectivity index (χ0v) is 10.6. The minimum atomic E-state index is -1.14. The van der Waals surface area contributed by atoms with E-state index < -0.39 is 11.8 Å². The molecule has 0 bridgehead atoms. The molecule has 0 spiro atoms. The van der Waals surface area contributed by atoms with Crippen molar-refractivity contribution in [2.75, 3.05) is 6.61 Å². The third-order valence-corrected chi connectivity index (χ3v) is 2.45. The van der Waals surface area contributed by atoms with Crippen LogP contribution in [0.25, 0.3) is 6.08 Å². The molecule has 1 aromatic carbocycles. The van der Waals surface area contributed by atoms with E-state index in [1.54, 1.807) is 0 Å². The second-order valence-electron chi connectivity index (χ2n) is 3.20. The van der Waals surface area contributed by atoms with E-state index in [1.165, 1.54) is 18.2 Å². The molecule has 0 aliphatic rings. The Morgan fingerprint density at radius 1 is 1.50 bits per heavy atom. The smallest absolute Gasteiger partial charge is 0.328 e. The monoisotopic (exact) mass is 290 g/mol. The van der Waals surface area contributed by atoms with Crippen LogP contribution in [0.5, 0.6) is 5.75 Å². The van der Waals surface area contributed by atoms with Gasteiger partial charge in [-0.1, -0.05) is 23.2 Å². The zero-order chi connectivity index (χ0) is 13.5. The molecule has 0 aliphatic carbocycles. The molecule has 0 amide bonds. The summed E-state index contributed by atoms with van der Waals surface area (Å²) < 4.78 is 18.3. The largest absolute Gasteiger partial charge is 0.487 e. The standard InChI is InChI=1S/C12H9Cl2FO3/c13-6-9(14)7-18-11-3-2-10(15)5-8(11)1-4-12(16)17/h1-6H,7H2,(H,16,17)/b4-1+,9-6-. The number of hydrogen-bond donors (Lipinski definition) is 1. The van der Waals surface area contributed by atoms with Crippen molar-refractivity contribution in [3.8, 4) is 5.75 Å². The predicted octanol–water partition coefficient (Wildman–Crippen LogP) is 3.62. The van der Waals surface area contributed by atoms with Crippen molar-refractivity contribution in [1.82, 2.24) is 0 Å². The molecule has 1 N–H and O–H groups in total. The van der Waals surface area contributed by atoms with Crippen LogP contribution in [0.1, 0.15) is 5.56 Å². The van der Waals surface area contributed by atoms with Crippen molar-refractivity contribution >= 4 is 35.2 Å². The molecule has 0 unspecified atom stereocenters. The van der Waals surface area contributed by atoms with Gasteiger partial charge in [0.1, 0.15) is 18.2 Å². The average molecular weight is 291 g/mol. The van der Waals surface area contributed by atoms with Gasteiger partial charge in [0.2, 0.25) is 0 Å². The summed E-state index contributed by atoms with van der Waals surface area (Å²) in [5.41, 5.74) is 1.45. The van der Waals surface area contributed by atoms with Crippen LogP contribution in [0, 0.1) is 5.82 Å². The van der Waals surface area contributed by atoms with E-state index in [-0.39, 0.29) is 11.6 Å². The maximum absolute atomic E-state index is 13.0. The van der Waals surface area contributed by atoms with E-state index in [4.69, 9.17) is 33.0 Å². The van der Waals surface area contributed by atoms with E-state index in [1.807, 2.05) is 0 Å². The predicted molar refractivity (Wildman–Crippen MR) is 68.4 cm³/mol. The van der Waals surface area contributed by atoms with Crippen molar-refractivity contribution in [3.05, 3.63) is 46.2 Å². The third-order valence-electron chi connectivity index (χ3n) is 1.86. The van der Waals surface area contributed by atoms with Crippen molar-refractivity contribution in [3.63, 3.8) is 0 Å². The Morgan fingerprint density at radius 3 is 2.83 bits per heavy atom. The molecule has 0 saturated heterocycles. The summed E-state index contributed by atoms with van der Waals surface area (Å²) in [6, 6.07) is 3.74. The highest BCUT2D eigenvalue weighted by atomic mass is 35.5. The highest BCUT2D eigenvalue weighted by Crippen LogP contribution is 2.22. The summed E-state index contributed by atoms with van der Waals surface area (Å²) in [6.45, 7) is 0.0185. The van der Waals surface area contributed by atoms with Crippen molar-refractivity contribution in [1.29, 1.82) is 0 Å². The second-order valence-corrected chi connectivity index (χ2v) is 3.90. The summed E-state index contributed by atoms with van der Waals surface area (Å²) in [5.74, 6) is -1.32. The number of ether oxygens (including phenoxy) is 1. The molecule has 0 saturated carbocycles. The van der Waals surface area contributed by atoms with E-state index >= 15 is 0 Å². The van der Waals surface area contributed by atoms with Crippen LogP contribution < -0.4 is 4.74 Å². The van der Waals surface area contributed by atoms with Gasteiger partial charge < -0.3 is 9.84 Å². The molecule has 0 heterocycles. The van der Waals surface area contributed by atoms with Gasteiger partial charge >= 0.3 is 5.97 Å². The molecule has 0 atom stereocenters. The lowest BCUT2D eigenvalue weighted by molar-refractivity contribution is -0.131. The molecule has 0 fully saturated rings. The van der Waals surface area contributed by atoms with E-state index in [2.05, 4.69) is 0 Å². The maximum atomic E-state index is 13.0. The summed E-state index contributed by atoms with van der Waals surface area (Å²) in [5, 5.41) is 8.79. The summed E-state index contributed by atoms with van der Waals surface area (Å²) in [7, 11) is 0. The Labute approximate surface area is 113 Å². The average Bonchev–Trinajstić information content (AvgIpc) is 2.34. The topological polar surface area (TPSA) is 46.5 Å². The quantitative estimate of drug-likeness (QED) is 0.843. The molecule has 6 heteroatoms. The molecule has 0 aromatic heterocycles. The molecular formula is C12H9Cl2FO3. The van der Waals surface area contributed by atoms with Crippen LogP contribution in [0.3, 0.4) is 0 Å². The number of rotatable bonds is 5. The van der Waals surface area contributed by atoms with Gasteiger partial charge in [-0.05, 0) is 24.3 Å². The first kappa shape index (κ1) is 14.5. The van der Waals surface area contributed by atoms with Gasteiger partial charge in [-0.15, -0.1) is 0 Å². The molecule has 96 valence electrons. The van der Waals surface area contributed by atoms with Crippen LogP contribution in [-0.2, 0) is 4.79 Å². The first-order valence-electron chi connectivity index (χ1n) is 4.81. The van der Waals surface area contributed by atoms with Gasteiger partial charge in [0.05, 0.1) is 5.03 Å². The van der Waals surface area contributed by atoms with E-state index in [0.29, 0.717) is 11.3 Å². The van der Waals surface area contributed by atoms with Crippen LogP contribution >= 0.6 is 23.2 Å². The molecule has 0 radical (unpaired) electrons. The van der Waals surface area contributed by atoms with Gasteiger partial charge in [0.15, 0.2) is 0 Å². The summed E-state index contributed by atoms with van der Waals surface area (Å²) in [4.78, 5) is 10.4.